The van der Waals surface area contributed by atoms with E-state index in [4.69, 9.17) is 22.3 Å². The van der Waals surface area contributed by atoms with Crippen molar-refractivity contribution in [2.75, 3.05) is 6.54 Å². The van der Waals surface area contributed by atoms with Gasteiger partial charge < -0.3 is 5.32 Å². The molecule has 0 spiro atoms. The molecule has 1 amide bonds. The quantitative estimate of drug-likeness (QED) is 0.867. The Kier molecular flexibility index (Phi) is 3.82. The van der Waals surface area contributed by atoms with Crippen molar-refractivity contribution in [2.24, 2.45) is 5.41 Å². The fraction of sp³-hybridized carbons (Fsp3) is 0.417. The molecular formula is C12H13Cl2NO3S. The van der Waals surface area contributed by atoms with Crippen LogP contribution in [0.2, 0.25) is 5.02 Å². The molecule has 1 aromatic rings. The molecule has 0 saturated heterocycles. The highest BCUT2D eigenvalue weighted by Gasteiger charge is 2.37. The summed E-state index contributed by atoms with van der Waals surface area (Å²) in [6.07, 6.45) is 2.17. The molecule has 2 rings (SSSR count). The number of rotatable bonds is 4. The Labute approximate surface area is 121 Å². The number of nitrogens with one attached hydrogen (secondary N) is 1. The van der Waals surface area contributed by atoms with Crippen LogP contribution in [0.3, 0.4) is 0 Å². The van der Waals surface area contributed by atoms with Crippen LogP contribution in [0.15, 0.2) is 23.1 Å². The first-order valence-electron chi connectivity index (χ1n) is 5.73. The van der Waals surface area contributed by atoms with E-state index in [0.717, 1.165) is 12.8 Å². The maximum atomic E-state index is 11.9. The Morgan fingerprint density at radius 2 is 2.00 bits per heavy atom. The number of amides is 1. The predicted octanol–water partition coefficient (Wildman–Crippen LogP) is 2.80. The summed E-state index contributed by atoms with van der Waals surface area (Å²) in [5.41, 5.74) is 0.367. The first-order valence-corrected chi connectivity index (χ1v) is 8.42. The molecule has 0 bridgehead atoms. The maximum absolute atomic E-state index is 11.9. The Morgan fingerprint density at radius 3 is 2.53 bits per heavy atom. The van der Waals surface area contributed by atoms with Gasteiger partial charge in [-0.05, 0) is 36.5 Å². The number of benzene rings is 1. The number of hydrogen-bond donors (Lipinski definition) is 1. The van der Waals surface area contributed by atoms with Crippen LogP contribution >= 0.6 is 22.3 Å². The molecule has 4 nitrogen and oxygen atoms in total. The van der Waals surface area contributed by atoms with Gasteiger partial charge in [0, 0.05) is 27.8 Å². The summed E-state index contributed by atoms with van der Waals surface area (Å²) in [5.74, 6) is -0.350. The summed E-state index contributed by atoms with van der Waals surface area (Å²) in [5, 5.41) is 2.93. The third-order valence-electron chi connectivity index (χ3n) is 3.19. The van der Waals surface area contributed by atoms with Crippen molar-refractivity contribution in [2.45, 2.75) is 24.7 Å². The van der Waals surface area contributed by atoms with Gasteiger partial charge >= 0.3 is 0 Å². The van der Waals surface area contributed by atoms with Crippen molar-refractivity contribution in [3.05, 3.63) is 28.8 Å². The molecule has 1 saturated carbocycles. The highest BCUT2D eigenvalue weighted by atomic mass is 35.7. The fourth-order valence-corrected chi connectivity index (χ4v) is 2.72. The zero-order valence-electron chi connectivity index (χ0n) is 10.2. The van der Waals surface area contributed by atoms with E-state index in [9.17, 15) is 13.2 Å². The zero-order valence-corrected chi connectivity index (χ0v) is 12.6. The van der Waals surface area contributed by atoms with Gasteiger partial charge in [-0.1, -0.05) is 18.5 Å². The number of carbonyl (C=O) groups excluding carboxylic acids is 1. The van der Waals surface area contributed by atoms with Gasteiger partial charge in [0.05, 0.1) is 4.90 Å². The Balaban J connectivity index is 2.19. The van der Waals surface area contributed by atoms with Gasteiger partial charge in [0.2, 0.25) is 0 Å². The standard InChI is InChI=1S/C12H13Cl2NO3S/c1-12(2-3-12)7-15-11(16)8-4-9(13)6-10(5-8)19(14,17)18/h4-6H,2-3,7H2,1H3,(H,15,16). The second-order valence-electron chi connectivity index (χ2n) is 5.11. The van der Waals surface area contributed by atoms with Crippen LogP contribution in [0, 0.1) is 5.41 Å². The van der Waals surface area contributed by atoms with E-state index in [2.05, 4.69) is 12.2 Å². The molecule has 0 heterocycles. The van der Waals surface area contributed by atoms with Crippen molar-refractivity contribution >= 4 is 37.2 Å². The molecule has 1 fully saturated rings. The number of halogens is 2. The van der Waals surface area contributed by atoms with Crippen LogP contribution in [0.5, 0.6) is 0 Å². The predicted molar refractivity (Wildman–Crippen MR) is 74.2 cm³/mol. The molecule has 0 aliphatic heterocycles. The van der Waals surface area contributed by atoms with E-state index in [0.29, 0.717) is 6.54 Å². The van der Waals surface area contributed by atoms with E-state index in [1.165, 1.54) is 18.2 Å². The van der Waals surface area contributed by atoms with Crippen molar-refractivity contribution in [1.82, 2.24) is 5.32 Å². The van der Waals surface area contributed by atoms with Gasteiger partial charge in [-0.3, -0.25) is 4.79 Å². The first-order chi connectivity index (χ1) is 8.70. The largest absolute Gasteiger partial charge is 0.351 e. The first kappa shape index (κ1) is 14.6. The van der Waals surface area contributed by atoms with Crippen molar-refractivity contribution < 1.29 is 13.2 Å². The van der Waals surface area contributed by atoms with Gasteiger partial charge in [-0.2, -0.15) is 0 Å². The monoisotopic (exact) mass is 321 g/mol. The van der Waals surface area contributed by atoms with Crippen LogP contribution in [0.1, 0.15) is 30.1 Å². The zero-order chi connectivity index (χ0) is 14.3. The fourth-order valence-electron chi connectivity index (χ4n) is 1.62. The Hall–Kier alpha value is -0.780. The second-order valence-corrected chi connectivity index (χ2v) is 8.11. The second kappa shape index (κ2) is 4.96. The average molecular weight is 322 g/mol. The molecule has 1 aliphatic rings. The molecule has 1 aromatic carbocycles. The Morgan fingerprint density at radius 1 is 1.37 bits per heavy atom. The number of hydrogen-bond acceptors (Lipinski definition) is 3. The van der Waals surface area contributed by atoms with Gasteiger partial charge in [0.15, 0.2) is 0 Å². The minimum absolute atomic E-state index is 0.157. The summed E-state index contributed by atoms with van der Waals surface area (Å²) < 4.78 is 22.5. The highest BCUT2D eigenvalue weighted by molar-refractivity contribution is 8.13. The normalized spacial score (nSPS) is 17.0. The van der Waals surface area contributed by atoms with Crippen molar-refractivity contribution in [1.29, 1.82) is 0 Å². The third kappa shape index (κ3) is 3.84. The average Bonchev–Trinajstić information content (AvgIpc) is 3.03. The summed E-state index contributed by atoms with van der Waals surface area (Å²) in [6, 6.07) is 3.85. The van der Waals surface area contributed by atoms with E-state index in [1.807, 2.05) is 0 Å². The van der Waals surface area contributed by atoms with Crippen LogP contribution in [-0.2, 0) is 9.05 Å². The lowest BCUT2D eigenvalue weighted by atomic mass is 10.1. The minimum Gasteiger partial charge on any atom is -0.351 e. The SMILES string of the molecule is CC1(CNC(=O)c2cc(Cl)cc(S(=O)(=O)Cl)c2)CC1. The lowest BCUT2D eigenvalue weighted by Crippen LogP contribution is -2.29. The highest BCUT2D eigenvalue weighted by Crippen LogP contribution is 2.44. The van der Waals surface area contributed by atoms with Gasteiger partial charge in [-0.25, -0.2) is 8.42 Å². The molecule has 1 aliphatic carbocycles. The molecule has 0 radical (unpaired) electrons. The molecule has 19 heavy (non-hydrogen) atoms. The van der Waals surface area contributed by atoms with Crippen molar-refractivity contribution in [3.8, 4) is 0 Å². The van der Waals surface area contributed by atoms with Crippen LogP contribution < -0.4 is 5.32 Å². The van der Waals surface area contributed by atoms with Gasteiger partial charge in [-0.15, -0.1) is 0 Å². The molecule has 1 N–H and O–H groups in total. The summed E-state index contributed by atoms with van der Waals surface area (Å²) in [6.45, 7) is 2.65. The van der Waals surface area contributed by atoms with Crippen LogP contribution in [0.25, 0.3) is 0 Å². The molecule has 0 atom stereocenters. The van der Waals surface area contributed by atoms with E-state index in [-0.39, 0.29) is 26.8 Å². The molecule has 0 aromatic heterocycles. The summed E-state index contributed by atoms with van der Waals surface area (Å²) in [4.78, 5) is 11.8. The molecule has 104 valence electrons. The van der Waals surface area contributed by atoms with Crippen LogP contribution in [-0.4, -0.2) is 20.9 Å². The lowest BCUT2D eigenvalue weighted by molar-refractivity contribution is 0.0946. The Bertz CT molecular complexity index is 624. The van der Waals surface area contributed by atoms with E-state index < -0.39 is 9.05 Å². The number of carbonyl (C=O) groups is 1. The van der Waals surface area contributed by atoms with Crippen LogP contribution in [0.4, 0.5) is 0 Å². The minimum atomic E-state index is -3.90. The summed E-state index contributed by atoms with van der Waals surface area (Å²) in [7, 11) is 1.34. The third-order valence-corrected chi connectivity index (χ3v) is 4.75. The summed E-state index contributed by atoms with van der Waals surface area (Å²) >= 11 is 5.80. The molecule has 0 unspecified atom stereocenters. The van der Waals surface area contributed by atoms with Crippen molar-refractivity contribution in [3.63, 3.8) is 0 Å². The van der Waals surface area contributed by atoms with Gasteiger partial charge in [0.1, 0.15) is 0 Å². The lowest BCUT2D eigenvalue weighted by Gasteiger charge is -2.10. The van der Waals surface area contributed by atoms with Gasteiger partial charge in [0.25, 0.3) is 15.0 Å². The maximum Gasteiger partial charge on any atom is 0.261 e. The molecule has 7 heteroatoms. The topological polar surface area (TPSA) is 63.2 Å². The van der Waals surface area contributed by atoms with E-state index >= 15 is 0 Å². The van der Waals surface area contributed by atoms with E-state index in [1.54, 1.807) is 0 Å². The smallest absolute Gasteiger partial charge is 0.261 e. The molecular weight excluding hydrogens is 309 g/mol.